The zero-order chi connectivity index (χ0) is 10.2. The van der Waals surface area contributed by atoms with Crippen molar-refractivity contribution in [3.05, 3.63) is 6.42 Å². The van der Waals surface area contributed by atoms with Gasteiger partial charge in [0.2, 0.25) is 5.91 Å². The van der Waals surface area contributed by atoms with Crippen LogP contribution in [0, 0.1) is 17.8 Å². The normalized spacial score (nSPS) is 38.6. The Labute approximate surface area is 83.5 Å². The van der Waals surface area contributed by atoms with E-state index in [9.17, 15) is 4.79 Å². The van der Waals surface area contributed by atoms with E-state index in [4.69, 9.17) is 10.6 Å². The highest BCUT2D eigenvalue weighted by atomic mass is 16.6. The smallest absolute Gasteiger partial charge is 0.224 e. The van der Waals surface area contributed by atoms with Gasteiger partial charge in [-0.3, -0.25) is 4.79 Å². The van der Waals surface area contributed by atoms with Gasteiger partial charge in [0.1, 0.15) is 7.11 Å². The highest BCUT2D eigenvalue weighted by Gasteiger charge is 2.48. The number of oxime groups is 1. The van der Waals surface area contributed by atoms with Crippen LogP contribution in [0.1, 0.15) is 25.7 Å². The van der Waals surface area contributed by atoms with Crippen molar-refractivity contribution in [2.24, 2.45) is 22.2 Å². The van der Waals surface area contributed by atoms with Crippen LogP contribution in [0.3, 0.4) is 0 Å². The molecule has 0 aliphatic heterocycles. The van der Waals surface area contributed by atoms with E-state index in [2.05, 4.69) is 11.6 Å². The molecular formula is C10H15N2O2. The molecule has 0 saturated heterocycles. The van der Waals surface area contributed by atoms with Gasteiger partial charge in [-0.05, 0) is 31.6 Å². The number of amides is 1. The fraction of sp³-hybridized carbons (Fsp3) is 0.700. The molecule has 2 aliphatic rings. The molecule has 1 radical (unpaired) electrons. The van der Waals surface area contributed by atoms with E-state index in [1.165, 1.54) is 7.11 Å². The average Bonchev–Trinajstić information content (AvgIpc) is 2.44. The number of primary amides is 1. The lowest BCUT2D eigenvalue weighted by Crippen LogP contribution is -2.39. The van der Waals surface area contributed by atoms with Crippen LogP contribution in [-0.2, 0) is 9.63 Å². The third-order valence-corrected chi connectivity index (χ3v) is 3.24. The first-order valence-corrected chi connectivity index (χ1v) is 4.91. The molecule has 0 aromatic rings. The number of carbonyl (C=O) groups is 1. The Bertz CT molecular complexity index is 288. The van der Waals surface area contributed by atoms with E-state index in [1.54, 1.807) is 0 Å². The first-order valence-electron chi connectivity index (χ1n) is 4.91. The van der Waals surface area contributed by atoms with Crippen LogP contribution >= 0.6 is 0 Å². The second-order valence-corrected chi connectivity index (χ2v) is 4.21. The molecule has 2 saturated carbocycles. The van der Waals surface area contributed by atoms with Crippen LogP contribution in [-0.4, -0.2) is 18.7 Å². The predicted octanol–water partition coefficient (Wildman–Crippen LogP) is 0.869. The molecule has 77 valence electrons. The molecule has 0 aromatic carbocycles. The topological polar surface area (TPSA) is 64.7 Å². The van der Waals surface area contributed by atoms with Crippen LogP contribution in [0.15, 0.2) is 5.16 Å². The number of nitrogens with zero attached hydrogens (tertiary/aromatic N) is 1. The molecule has 4 heteroatoms. The molecule has 2 rings (SSSR count). The molecule has 2 unspecified atom stereocenters. The van der Waals surface area contributed by atoms with Crippen LogP contribution in [0.5, 0.6) is 0 Å². The molecular weight excluding hydrogens is 180 g/mol. The summed E-state index contributed by atoms with van der Waals surface area (Å²) >= 11 is 0. The van der Waals surface area contributed by atoms with E-state index in [0.717, 1.165) is 25.0 Å². The molecule has 0 heterocycles. The van der Waals surface area contributed by atoms with Gasteiger partial charge in [0, 0.05) is 6.42 Å². The summed E-state index contributed by atoms with van der Waals surface area (Å²) in [5, 5.41) is 3.94. The van der Waals surface area contributed by atoms with Crippen LogP contribution in [0.2, 0.25) is 0 Å². The fourth-order valence-corrected chi connectivity index (χ4v) is 2.60. The summed E-state index contributed by atoms with van der Waals surface area (Å²) in [6.45, 7) is 0. The van der Waals surface area contributed by atoms with E-state index in [0.29, 0.717) is 12.3 Å². The van der Waals surface area contributed by atoms with Crippen molar-refractivity contribution in [3.8, 4) is 0 Å². The van der Waals surface area contributed by atoms with Crippen molar-refractivity contribution < 1.29 is 9.63 Å². The van der Waals surface area contributed by atoms with Gasteiger partial charge >= 0.3 is 0 Å². The molecule has 1 amide bonds. The molecule has 14 heavy (non-hydrogen) atoms. The Balaban J connectivity index is 2.21. The van der Waals surface area contributed by atoms with Crippen LogP contribution in [0.4, 0.5) is 0 Å². The minimum absolute atomic E-state index is 0.219. The van der Waals surface area contributed by atoms with Gasteiger partial charge in [0.15, 0.2) is 0 Å². The summed E-state index contributed by atoms with van der Waals surface area (Å²) in [5.74, 6) is 0.244. The molecule has 0 aromatic heterocycles. The van der Waals surface area contributed by atoms with Gasteiger partial charge in [0.05, 0.1) is 11.1 Å². The Morgan fingerprint density at radius 1 is 1.79 bits per heavy atom. The zero-order valence-corrected chi connectivity index (χ0v) is 8.32. The van der Waals surface area contributed by atoms with Crippen molar-refractivity contribution in [1.29, 1.82) is 0 Å². The number of fused-ring (bicyclic) bond motifs is 2. The Kier molecular flexibility index (Phi) is 2.21. The molecule has 2 bridgehead atoms. The Morgan fingerprint density at radius 3 is 3.21 bits per heavy atom. The molecule has 2 aliphatic carbocycles. The van der Waals surface area contributed by atoms with E-state index in [1.807, 2.05) is 0 Å². The molecule has 2 fully saturated rings. The summed E-state index contributed by atoms with van der Waals surface area (Å²) in [7, 11) is 1.53. The SMILES string of the molecule is CON=C1CC2[CH]C(C(N)=O)(CC2)C1. The van der Waals surface area contributed by atoms with Gasteiger partial charge in [-0.2, -0.15) is 0 Å². The van der Waals surface area contributed by atoms with Crippen molar-refractivity contribution in [1.82, 2.24) is 0 Å². The minimum atomic E-state index is -0.430. The lowest BCUT2D eigenvalue weighted by Gasteiger charge is -2.29. The lowest BCUT2D eigenvalue weighted by atomic mass is 9.74. The van der Waals surface area contributed by atoms with Gasteiger partial charge in [-0.15, -0.1) is 0 Å². The van der Waals surface area contributed by atoms with E-state index < -0.39 is 5.41 Å². The maximum atomic E-state index is 11.4. The molecule has 4 nitrogen and oxygen atoms in total. The average molecular weight is 195 g/mol. The largest absolute Gasteiger partial charge is 0.399 e. The highest BCUT2D eigenvalue weighted by molar-refractivity contribution is 5.95. The molecule has 2 atom stereocenters. The van der Waals surface area contributed by atoms with Gasteiger partial charge < -0.3 is 10.6 Å². The first-order chi connectivity index (χ1) is 6.66. The lowest BCUT2D eigenvalue weighted by molar-refractivity contribution is -0.125. The quantitative estimate of drug-likeness (QED) is 0.664. The molecule has 2 N–H and O–H groups in total. The number of nitrogens with two attached hydrogens (primary N) is 1. The van der Waals surface area contributed by atoms with E-state index in [-0.39, 0.29) is 5.91 Å². The maximum Gasteiger partial charge on any atom is 0.224 e. The molecule has 0 spiro atoms. The highest BCUT2D eigenvalue weighted by Crippen LogP contribution is 2.49. The van der Waals surface area contributed by atoms with Crippen molar-refractivity contribution in [3.63, 3.8) is 0 Å². The van der Waals surface area contributed by atoms with Crippen molar-refractivity contribution in [2.45, 2.75) is 25.7 Å². The third kappa shape index (κ3) is 1.38. The maximum absolute atomic E-state index is 11.4. The van der Waals surface area contributed by atoms with Gasteiger partial charge in [0.25, 0.3) is 0 Å². The summed E-state index contributed by atoms with van der Waals surface area (Å²) in [6.07, 6.45) is 5.60. The minimum Gasteiger partial charge on any atom is -0.399 e. The Hall–Kier alpha value is -1.06. The van der Waals surface area contributed by atoms with E-state index >= 15 is 0 Å². The summed E-state index contributed by atoms with van der Waals surface area (Å²) in [5.41, 5.74) is 5.97. The fourth-order valence-electron chi connectivity index (χ4n) is 2.60. The second kappa shape index (κ2) is 3.26. The standard InChI is InChI=1S/C10H15N2O2/c1-14-12-8-4-7-2-3-10(5-7,6-8)9(11)13/h5,7H,2-4,6H2,1H3,(H2,11,13). The van der Waals surface area contributed by atoms with Crippen molar-refractivity contribution in [2.75, 3.05) is 7.11 Å². The van der Waals surface area contributed by atoms with Crippen LogP contribution < -0.4 is 5.73 Å². The van der Waals surface area contributed by atoms with Gasteiger partial charge in [-0.1, -0.05) is 5.16 Å². The predicted molar refractivity (Wildman–Crippen MR) is 52.3 cm³/mol. The monoisotopic (exact) mass is 195 g/mol. The van der Waals surface area contributed by atoms with Gasteiger partial charge in [-0.25, -0.2) is 0 Å². The van der Waals surface area contributed by atoms with Crippen LogP contribution in [0.25, 0.3) is 0 Å². The summed E-state index contributed by atoms with van der Waals surface area (Å²) in [4.78, 5) is 16.1. The van der Waals surface area contributed by atoms with Crippen molar-refractivity contribution >= 4 is 11.6 Å². The number of carbonyl (C=O) groups excluding carboxylic acids is 1. The summed E-state index contributed by atoms with van der Waals surface area (Å²) < 4.78 is 0. The number of hydrogen-bond donors (Lipinski definition) is 1. The number of rotatable bonds is 2. The Morgan fingerprint density at radius 2 is 2.57 bits per heavy atom. The zero-order valence-electron chi connectivity index (χ0n) is 8.32. The summed E-state index contributed by atoms with van der Waals surface area (Å²) in [6, 6.07) is 0. The second-order valence-electron chi connectivity index (χ2n) is 4.21. The number of hydrogen-bond acceptors (Lipinski definition) is 3. The first kappa shape index (κ1) is 9.49. The third-order valence-electron chi connectivity index (χ3n) is 3.24.